The zero-order valence-electron chi connectivity index (χ0n) is 11.2. The number of rotatable bonds is 2. The van der Waals surface area contributed by atoms with Gasteiger partial charge >= 0.3 is 0 Å². The number of benzene rings is 2. The quantitative estimate of drug-likeness (QED) is 0.508. The SMILES string of the molecule is C=CCn1c2ccc(C)cc2c(=O)c2ccc(Cl)cc21. The van der Waals surface area contributed by atoms with Crippen LogP contribution in [0.4, 0.5) is 0 Å². The van der Waals surface area contributed by atoms with Crippen LogP contribution in [0, 0.1) is 6.92 Å². The monoisotopic (exact) mass is 283 g/mol. The molecule has 3 rings (SSSR count). The third-order valence-electron chi connectivity index (χ3n) is 3.49. The van der Waals surface area contributed by atoms with Crippen molar-refractivity contribution in [2.75, 3.05) is 0 Å². The van der Waals surface area contributed by atoms with Crippen molar-refractivity contribution < 1.29 is 0 Å². The number of nitrogens with zero attached hydrogens (tertiary/aromatic N) is 1. The Hall–Kier alpha value is -2.06. The molecule has 0 atom stereocenters. The van der Waals surface area contributed by atoms with Crippen molar-refractivity contribution >= 4 is 33.4 Å². The maximum atomic E-state index is 12.6. The highest BCUT2D eigenvalue weighted by Crippen LogP contribution is 2.23. The molecule has 0 N–H and O–H groups in total. The van der Waals surface area contributed by atoms with E-state index in [9.17, 15) is 4.79 Å². The molecule has 0 spiro atoms. The Morgan fingerprint density at radius 3 is 2.70 bits per heavy atom. The van der Waals surface area contributed by atoms with Crippen LogP contribution < -0.4 is 5.43 Å². The Morgan fingerprint density at radius 1 is 1.15 bits per heavy atom. The zero-order chi connectivity index (χ0) is 14.3. The molecule has 3 heteroatoms. The molecule has 0 saturated heterocycles. The highest BCUT2D eigenvalue weighted by molar-refractivity contribution is 6.31. The summed E-state index contributed by atoms with van der Waals surface area (Å²) in [7, 11) is 0. The normalized spacial score (nSPS) is 11.1. The lowest BCUT2D eigenvalue weighted by atomic mass is 10.1. The van der Waals surface area contributed by atoms with Crippen LogP contribution in [0.15, 0.2) is 53.8 Å². The summed E-state index contributed by atoms with van der Waals surface area (Å²) in [6, 6.07) is 11.3. The number of fused-ring (bicyclic) bond motifs is 2. The van der Waals surface area contributed by atoms with Crippen molar-refractivity contribution in [2.45, 2.75) is 13.5 Å². The Morgan fingerprint density at radius 2 is 1.95 bits per heavy atom. The van der Waals surface area contributed by atoms with Crippen molar-refractivity contribution in [2.24, 2.45) is 0 Å². The third-order valence-corrected chi connectivity index (χ3v) is 3.73. The maximum Gasteiger partial charge on any atom is 0.197 e. The molecule has 0 aliphatic carbocycles. The lowest BCUT2D eigenvalue weighted by Gasteiger charge is -2.14. The van der Waals surface area contributed by atoms with Gasteiger partial charge in [0.25, 0.3) is 0 Å². The van der Waals surface area contributed by atoms with E-state index < -0.39 is 0 Å². The van der Waals surface area contributed by atoms with Crippen LogP contribution in [0.25, 0.3) is 21.8 Å². The largest absolute Gasteiger partial charge is 0.336 e. The van der Waals surface area contributed by atoms with Gasteiger partial charge in [0.2, 0.25) is 0 Å². The lowest BCUT2D eigenvalue weighted by molar-refractivity contribution is 0.893. The molecule has 0 fully saturated rings. The van der Waals surface area contributed by atoms with Gasteiger partial charge in [-0.15, -0.1) is 6.58 Å². The summed E-state index contributed by atoms with van der Waals surface area (Å²) in [5, 5.41) is 2.05. The summed E-state index contributed by atoms with van der Waals surface area (Å²) >= 11 is 6.08. The number of pyridine rings is 1. The lowest BCUT2D eigenvalue weighted by Crippen LogP contribution is -2.11. The van der Waals surface area contributed by atoms with E-state index in [1.807, 2.05) is 37.3 Å². The second-order valence-corrected chi connectivity index (χ2v) is 5.35. The minimum Gasteiger partial charge on any atom is -0.336 e. The van der Waals surface area contributed by atoms with Gasteiger partial charge in [-0.25, -0.2) is 0 Å². The van der Waals surface area contributed by atoms with Gasteiger partial charge in [0.15, 0.2) is 5.43 Å². The number of hydrogen-bond acceptors (Lipinski definition) is 1. The summed E-state index contributed by atoms with van der Waals surface area (Å²) in [5.41, 5.74) is 2.89. The summed E-state index contributed by atoms with van der Waals surface area (Å²) in [6.07, 6.45) is 1.82. The Balaban J connectivity index is 2.61. The summed E-state index contributed by atoms with van der Waals surface area (Å²) in [4.78, 5) is 12.6. The van der Waals surface area contributed by atoms with E-state index in [1.54, 1.807) is 12.1 Å². The molecule has 0 aliphatic rings. The predicted molar refractivity (Wildman–Crippen MR) is 85.7 cm³/mol. The smallest absolute Gasteiger partial charge is 0.197 e. The molecule has 0 radical (unpaired) electrons. The molecular weight excluding hydrogens is 270 g/mol. The first-order chi connectivity index (χ1) is 9.61. The average molecular weight is 284 g/mol. The highest BCUT2D eigenvalue weighted by atomic mass is 35.5. The van der Waals surface area contributed by atoms with Crippen molar-refractivity contribution in [1.29, 1.82) is 0 Å². The third kappa shape index (κ3) is 1.93. The van der Waals surface area contributed by atoms with Gasteiger partial charge in [0.05, 0.1) is 11.0 Å². The van der Waals surface area contributed by atoms with Crippen LogP contribution in [0.5, 0.6) is 0 Å². The first-order valence-corrected chi connectivity index (χ1v) is 6.83. The maximum absolute atomic E-state index is 12.6. The molecule has 100 valence electrons. The van der Waals surface area contributed by atoms with Gasteiger partial charge in [0.1, 0.15) is 0 Å². The average Bonchev–Trinajstić information content (AvgIpc) is 2.43. The predicted octanol–water partition coefficient (Wildman–Crippen LogP) is 4.30. The van der Waals surface area contributed by atoms with E-state index >= 15 is 0 Å². The second-order valence-electron chi connectivity index (χ2n) is 4.91. The van der Waals surface area contributed by atoms with Gasteiger partial charge < -0.3 is 4.57 Å². The molecule has 1 aromatic heterocycles. The summed E-state index contributed by atoms with van der Waals surface area (Å²) in [5.74, 6) is 0. The minimum atomic E-state index is 0.0516. The molecule has 2 aromatic carbocycles. The summed E-state index contributed by atoms with van der Waals surface area (Å²) < 4.78 is 2.07. The molecule has 20 heavy (non-hydrogen) atoms. The Labute approximate surface area is 121 Å². The highest BCUT2D eigenvalue weighted by Gasteiger charge is 2.10. The van der Waals surface area contributed by atoms with Gasteiger partial charge in [-0.05, 0) is 37.3 Å². The van der Waals surface area contributed by atoms with Crippen molar-refractivity contribution in [3.05, 3.63) is 69.9 Å². The molecule has 0 aliphatic heterocycles. The standard InChI is InChI=1S/C17H14ClNO/c1-3-8-19-15-7-4-11(2)9-14(15)17(20)13-6-5-12(18)10-16(13)19/h3-7,9-10H,1,8H2,2H3. The first kappa shape index (κ1) is 12.9. The fourth-order valence-corrected chi connectivity index (χ4v) is 2.75. The molecule has 0 amide bonds. The van der Waals surface area contributed by atoms with E-state index in [-0.39, 0.29) is 5.43 Å². The number of hydrogen-bond donors (Lipinski definition) is 0. The van der Waals surface area contributed by atoms with E-state index in [4.69, 9.17) is 11.6 Å². The fourth-order valence-electron chi connectivity index (χ4n) is 2.59. The van der Waals surface area contributed by atoms with E-state index in [2.05, 4.69) is 11.1 Å². The van der Waals surface area contributed by atoms with Crippen LogP contribution in [0.1, 0.15) is 5.56 Å². The van der Waals surface area contributed by atoms with Crippen molar-refractivity contribution in [3.63, 3.8) is 0 Å². The van der Waals surface area contributed by atoms with Gasteiger partial charge in [-0.3, -0.25) is 4.79 Å². The zero-order valence-corrected chi connectivity index (χ0v) is 11.9. The molecular formula is C17H14ClNO. The van der Waals surface area contributed by atoms with Crippen LogP contribution in [-0.2, 0) is 6.54 Å². The van der Waals surface area contributed by atoms with Crippen molar-refractivity contribution in [3.8, 4) is 0 Å². The molecule has 3 aromatic rings. The van der Waals surface area contributed by atoms with Crippen LogP contribution >= 0.6 is 11.6 Å². The molecule has 1 heterocycles. The number of halogens is 1. The Kier molecular flexibility index (Phi) is 3.11. The first-order valence-electron chi connectivity index (χ1n) is 6.45. The van der Waals surface area contributed by atoms with E-state index in [0.717, 1.165) is 22.0 Å². The molecule has 2 nitrogen and oxygen atoms in total. The Bertz CT molecular complexity index is 893. The van der Waals surface area contributed by atoms with Gasteiger partial charge in [-0.2, -0.15) is 0 Å². The molecule has 0 bridgehead atoms. The van der Waals surface area contributed by atoms with Crippen LogP contribution in [0.2, 0.25) is 5.02 Å². The number of allylic oxidation sites excluding steroid dienone is 1. The van der Waals surface area contributed by atoms with Crippen molar-refractivity contribution in [1.82, 2.24) is 4.57 Å². The molecule has 0 saturated carbocycles. The van der Waals surface area contributed by atoms with Gasteiger partial charge in [-0.1, -0.05) is 29.3 Å². The van der Waals surface area contributed by atoms with Crippen LogP contribution in [-0.4, -0.2) is 4.57 Å². The molecule has 0 unspecified atom stereocenters. The van der Waals surface area contributed by atoms with E-state index in [0.29, 0.717) is 17.0 Å². The van der Waals surface area contributed by atoms with E-state index in [1.165, 1.54) is 0 Å². The minimum absolute atomic E-state index is 0.0516. The second kappa shape index (κ2) is 4.80. The summed E-state index contributed by atoms with van der Waals surface area (Å²) in [6.45, 7) is 6.42. The van der Waals surface area contributed by atoms with Gasteiger partial charge in [0, 0.05) is 22.3 Å². The number of aromatic nitrogens is 1. The number of aryl methyl sites for hydroxylation is 1. The van der Waals surface area contributed by atoms with Crippen LogP contribution in [0.3, 0.4) is 0 Å². The fraction of sp³-hybridized carbons (Fsp3) is 0.118. The topological polar surface area (TPSA) is 22.0 Å².